The summed E-state index contributed by atoms with van der Waals surface area (Å²) in [6, 6.07) is -0.664. The smallest absolute Gasteiger partial charge is 0.342 e. The Balaban J connectivity index is 7.90. The average Bonchev–Trinajstić information content (AvgIpc) is 0.928. The van der Waals surface area contributed by atoms with Gasteiger partial charge in [0.2, 0.25) is 11.8 Å². The highest BCUT2D eigenvalue weighted by Gasteiger charge is 2.40. The molecule has 540 valence electrons. The Hall–Kier alpha value is -5.42. The highest BCUT2D eigenvalue weighted by atomic mass is 17.2. The van der Waals surface area contributed by atoms with E-state index in [0.717, 1.165) is 0 Å². The van der Waals surface area contributed by atoms with Crippen LogP contribution >= 0.6 is 0 Å². The molecule has 0 spiro atoms. The third-order valence-electron chi connectivity index (χ3n) is 13.7. The van der Waals surface area contributed by atoms with Crippen molar-refractivity contribution in [2.75, 3.05) is 0 Å². The van der Waals surface area contributed by atoms with Crippen molar-refractivity contribution < 1.29 is 96.0 Å². The molecule has 2 amide bonds. The Morgan fingerprint density at radius 1 is 0.301 bits per heavy atom. The third kappa shape index (κ3) is 48.0. The first-order valence-electron chi connectivity index (χ1n) is 33.3. The fourth-order valence-electron chi connectivity index (χ4n) is 9.81. The molecule has 93 heavy (non-hydrogen) atoms. The standard InChI is InChI=1S/C70H125N3O20/c1-60(2,3)85-52(77)28-26-48(27-29-53(78)86-61(4,5)6)71-49(74)30-39-68(25,40-31-50(75)72-69(42-33-54(79)87-62(7,8)9,43-34-55(80)88-63(10,11)12)44-35-56(81)89-64(13,14)15)41-32-51(76)73-70(45-36-57(82)90-65(16,17)18,46-37-58(83)91-66(19,20)21)47-38-59(84)92-93-67(22,23)24/h48,51,73,76H,26-47H2,1-25H3,(H,71,74)(H,72,75)/t51-,68?/m0/s1. The van der Waals surface area contributed by atoms with Crippen molar-refractivity contribution in [2.24, 2.45) is 5.41 Å². The number of aliphatic hydroxyl groups excluding tert-OH is 1. The summed E-state index contributed by atoms with van der Waals surface area (Å²) in [5.41, 5.74) is -10.3. The number of carbonyl (C=O) groups is 10. The van der Waals surface area contributed by atoms with Gasteiger partial charge in [-0.1, -0.05) is 6.92 Å². The summed E-state index contributed by atoms with van der Waals surface area (Å²) in [4.78, 5) is 146. The molecular formula is C70H125N3O20. The van der Waals surface area contributed by atoms with Gasteiger partial charge in [-0.3, -0.25) is 53.4 Å². The minimum atomic E-state index is -1.41. The van der Waals surface area contributed by atoms with Crippen molar-refractivity contribution in [3.63, 3.8) is 0 Å². The lowest BCUT2D eigenvalue weighted by Gasteiger charge is -2.39. The Morgan fingerprint density at radius 2 is 0.570 bits per heavy atom. The second-order valence-corrected chi connectivity index (χ2v) is 33.2. The van der Waals surface area contributed by atoms with Crippen molar-refractivity contribution in [3.8, 4) is 0 Å². The van der Waals surface area contributed by atoms with Crippen molar-refractivity contribution in [2.45, 2.75) is 383 Å². The number of amides is 2. The second kappa shape index (κ2) is 37.2. The lowest BCUT2D eigenvalue weighted by Crippen LogP contribution is -2.52. The average molecular weight is 1330 g/mol. The van der Waals surface area contributed by atoms with Crippen LogP contribution in [0.3, 0.4) is 0 Å². The molecule has 0 aliphatic heterocycles. The normalized spacial score (nSPS) is 14.0. The molecule has 0 saturated carbocycles. The van der Waals surface area contributed by atoms with E-state index in [0.29, 0.717) is 0 Å². The molecule has 0 rings (SSSR count). The van der Waals surface area contributed by atoms with Crippen molar-refractivity contribution >= 4 is 59.6 Å². The van der Waals surface area contributed by atoms with Crippen LogP contribution in [-0.4, -0.2) is 133 Å². The SMILES string of the molecule is CC(CCC(=O)NC(CCC(=O)OC(C)(C)C)CCC(=O)OC(C)(C)C)(CCC(=O)NC(CCC(=O)OC(C)(C)C)(CCC(=O)OC(C)(C)C)CCC(=O)OC(C)(C)C)CC[C@H](O)NC(CCC(=O)OOC(C)(C)C)(CCC(=O)OC(C)(C)C)CCC(=O)OC(C)(C)C. The summed E-state index contributed by atoms with van der Waals surface area (Å²) in [5, 5.41) is 21.7. The van der Waals surface area contributed by atoms with Crippen molar-refractivity contribution in [1.29, 1.82) is 0 Å². The van der Waals surface area contributed by atoms with Gasteiger partial charge in [0.05, 0.1) is 6.42 Å². The van der Waals surface area contributed by atoms with Gasteiger partial charge in [-0.05, 0) is 249 Å². The number of aliphatic hydroxyl groups is 1. The van der Waals surface area contributed by atoms with Gasteiger partial charge in [0, 0.05) is 74.9 Å². The number of esters is 7. The maximum atomic E-state index is 14.8. The molecule has 23 heteroatoms. The number of nitrogens with one attached hydrogen (secondary N) is 3. The van der Waals surface area contributed by atoms with Gasteiger partial charge in [0.15, 0.2) is 0 Å². The highest BCUT2D eigenvalue weighted by Crippen LogP contribution is 2.38. The topological polar surface area (TPSA) is 310 Å². The minimum absolute atomic E-state index is 0.0205. The van der Waals surface area contributed by atoms with Crippen molar-refractivity contribution in [3.05, 3.63) is 0 Å². The summed E-state index contributed by atoms with van der Waals surface area (Å²) in [7, 11) is 0. The Labute approximate surface area is 557 Å². The van der Waals surface area contributed by atoms with Crippen LogP contribution in [0.4, 0.5) is 0 Å². The summed E-state index contributed by atoms with van der Waals surface area (Å²) in [6.45, 7) is 43.2. The van der Waals surface area contributed by atoms with E-state index < -0.39 is 133 Å². The van der Waals surface area contributed by atoms with E-state index in [1.807, 2.05) is 6.92 Å². The number of ether oxygens (including phenoxy) is 7. The van der Waals surface area contributed by atoms with Crippen LogP contribution in [0.5, 0.6) is 0 Å². The van der Waals surface area contributed by atoms with Crippen LogP contribution < -0.4 is 16.0 Å². The van der Waals surface area contributed by atoms with Gasteiger partial charge in [0.1, 0.15) is 51.0 Å². The summed E-state index contributed by atoms with van der Waals surface area (Å²) in [6.07, 6.45) is -2.73. The van der Waals surface area contributed by atoms with Gasteiger partial charge < -0.3 is 48.9 Å². The second-order valence-electron chi connectivity index (χ2n) is 33.2. The molecule has 0 fully saturated rings. The van der Waals surface area contributed by atoms with Gasteiger partial charge >= 0.3 is 47.8 Å². The maximum absolute atomic E-state index is 14.8. The van der Waals surface area contributed by atoms with Crippen LogP contribution in [0.15, 0.2) is 0 Å². The first-order chi connectivity index (χ1) is 41.8. The number of rotatable bonds is 38. The zero-order valence-corrected chi connectivity index (χ0v) is 61.9. The highest BCUT2D eigenvalue weighted by molar-refractivity contribution is 5.79. The zero-order chi connectivity index (χ0) is 72.5. The molecule has 0 saturated heterocycles. The molecule has 4 N–H and O–H groups in total. The predicted octanol–water partition coefficient (Wildman–Crippen LogP) is 12.2. The maximum Gasteiger partial charge on any atom is 0.342 e. The van der Waals surface area contributed by atoms with Gasteiger partial charge in [-0.2, -0.15) is 4.89 Å². The van der Waals surface area contributed by atoms with E-state index in [2.05, 4.69) is 16.0 Å². The summed E-state index contributed by atoms with van der Waals surface area (Å²) < 4.78 is 39.5. The lowest BCUT2D eigenvalue weighted by molar-refractivity contribution is -0.320. The van der Waals surface area contributed by atoms with Crippen LogP contribution in [0.25, 0.3) is 0 Å². The molecule has 23 nitrogen and oxygen atoms in total. The number of hydrogen-bond donors (Lipinski definition) is 4. The van der Waals surface area contributed by atoms with Gasteiger partial charge in [0.25, 0.3) is 0 Å². The van der Waals surface area contributed by atoms with E-state index in [4.69, 9.17) is 42.9 Å². The van der Waals surface area contributed by atoms with Crippen LogP contribution in [0, 0.1) is 5.41 Å². The fraction of sp³-hybridized carbons (Fsp3) is 0.857. The molecular weight excluding hydrogens is 1200 g/mol. The number of carbonyl (C=O) groups excluding carboxylic acids is 10. The van der Waals surface area contributed by atoms with Crippen LogP contribution in [0.1, 0.15) is 314 Å². The summed E-state index contributed by atoms with van der Waals surface area (Å²) >= 11 is 0. The Morgan fingerprint density at radius 3 is 0.860 bits per heavy atom. The fourth-order valence-corrected chi connectivity index (χ4v) is 9.81. The molecule has 2 atom stereocenters. The Kier molecular flexibility index (Phi) is 35.0. The van der Waals surface area contributed by atoms with E-state index in [1.165, 1.54) is 0 Å². The van der Waals surface area contributed by atoms with Crippen LogP contribution in [0.2, 0.25) is 0 Å². The Bertz CT molecular complexity index is 2270. The minimum Gasteiger partial charge on any atom is -0.460 e. The zero-order valence-electron chi connectivity index (χ0n) is 61.9. The summed E-state index contributed by atoms with van der Waals surface area (Å²) in [5.74, 6) is -5.52. The lowest BCUT2D eigenvalue weighted by atomic mass is 9.76. The molecule has 1 unspecified atom stereocenters. The largest absolute Gasteiger partial charge is 0.460 e. The first kappa shape index (κ1) is 87.6. The predicted molar refractivity (Wildman–Crippen MR) is 352 cm³/mol. The van der Waals surface area contributed by atoms with E-state index in [-0.39, 0.29) is 141 Å². The molecule has 0 aromatic carbocycles. The van der Waals surface area contributed by atoms with Gasteiger partial charge in [-0.15, -0.1) is 0 Å². The first-order valence-corrected chi connectivity index (χ1v) is 33.3. The monoisotopic (exact) mass is 1330 g/mol. The molecule has 0 heterocycles. The molecule has 0 radical (unpaired) electrons. The van der Waals surface area contributed by atoms with E-state index in [9.17, 15) is 53.1 Å². The third-order valence-corrected chi connectivity index (χ3v) is 13.7. The molecule has 0 aliphatic rings. The van der Waals surface area contributed by atoms with Gasteiger partial charge in [-0.25, -0.2) is 4.79 Å². The molecule has 0 aromatic rings. The molecule has 0 aromatic heterocycles. The van der Waals surface area contributed by atoms with E-state index in [1.54, 1.807) is 166 Å². The van der Waals surface area contributed by atoms with E-state index >= 15 is 0 Å². The van der Waals surface area contributed by atoms with Crippen molar-refractivity contribution in [1.82, 2.24) is 16.0 Å². The van der Waals surface area contributed by atoms with Crippen LogP contribution in [-0.2, 0) is 90.9 Å². The quantitative estimate of drug-likeness (QED) is 0.0147. The number of hydrogen-bond acceptors (Lipinski definition) is 21. The molecule has 0 bridgehead atoms. The molecule has 0 aliphatic carbocycles.